The van der Waals surface area contributed by atoms with Crippen molar-refractivity contribution in [1.29, 1.82) is 0 Å². The number of hydrogen-bond acceptors (Lipinski definition) is 6. The van der Waals surface area contributed by atoms with Gasteiger partial charge in [-0.2, -0.15) is 4.31 Å². The molecule has 1 aliphatic heterocycles. The first-order valence-electron chi connectivity index (χ1n) is 11.5. The number of piperazine rings is 1. The summed E-state index contributed by atoms with van der Waals surface area (Å²) >= 11 is 11.9. The molecule has 194 valence electrons. The molecule has 0 atom stereocenters. The number of benzene rings is 3. The molecule has 1 aliphatic rings. The van der Waals surface area contributed by atoms with Crippen LogP contribution in [0.1, 0.15) is 15.9 Å². The number of nitrogens with one attached hydrogen (secondary N) is 1. The molecule has 3 aromatic carbocycles. The van der Waals surface area contributed by atoms with E-state index < -0.39 is 28.5 Å². The molecule has 37 heavy (non-hydrogen) atoms. The van der Waals surface area contributed by atoms with Crippen molar-refractivity contribution in [2.45, 2.75) is 11.4 Å². The standard InChI is InChI=1S/C26H25Cl2N3O5S/c27-21-9-10-24(23(28)16-21)29-25(32)18-36-26(33)20-7-4-8-22(15-20)37(34,35)31-13-11-30(12-14-31)17-19-5-2-1-3-6-19/h1-10,15-16H,11-14,17-18H2,(H,29,32). The number of halogens is 2. The van der Waals surface area contributed by atoms with Crippen LogP contribution in [0, 0.1) is 0 Å². The predicted octanol–water partition coefficient (Wildman–Crippen LogP) is 4.30. The zero-order valence-corrected chi connectivity index (χ0v) is 22.1. The quantitative estimate of drug-likeness (QED) is 0.412. The predicted molar refractivity (Wildman–Crippen MR) is 142 cm³/mol. The van der Waals surface area contributed by atoms with E-state index in [-0.39, 0.29) is 15.5 Å². The third-order valence-electron chi connectivity index (χ3n) is 5.83. The third-order valence-corrected chi connectivity index (χ3v) is 8.27. The second-order valence-corrected chi connectivity index (χ2v) is 11.2. The average molecular weight is 562 g/mol. The lowest BCUT2D eigenvalue weighted by molar-refractivity contribution is -0.119. The summed E-state index contributed by atoms with van der Waals surface area (Å²) in [7, 11) is -3.80. The molecule has 4 rings (SSSR count). The second kappa shape index (κ2) is 12.1. The first kappa shape index (κ1) is 27.1. The Kier molecular flexibility index (Phi) is 8.83. The van der Waals surface area contributed by atoms with Gasteiger partial charge in [-0.15, -0.1) is 0 Å². The Morgan fingerprint density at radius 3 is 2.32 bits per heavy atom. The van der Waals surface area contributed by atoms with Crippen molar-refractivity contribution in [1.82, 2.24) is 9.21 Å². The molecule has 0 bridgehead atoms. The van der Waals surface area contributed by atoms with Gasteiger partial charge in [-0.3, -0.25) is 9.69 Å². The molecule has 1 saturated heterocycles. The fraction of sp³-hybridized carbons (Fsp3) is 0.231. The monoisotopic (exact) mass is 561 g/mol. The Hall–Kier alpha value is -2.95. The van der Waals surface area contributed by atoms with Crippen molar-refractivity contribution in [3.05, 3.63) is 94.0 Å². The summed E-state index contributed by atoms with van der Waals surface area (Å²) < 4.78 is 32.9. The molecule has 0 aliphatic carbocycles. The summed E-state index contributed by atoms with van der Waals surface area (Å²) in [5.74, 6) is -1.42. The number of carbonyl (C=O) groups is 2. The lowest BCUT2D eigenvalue weighted by Crippen LogP contribution is -2.48. The molecule has 8 nitrogen and oxygen atoms in total. The molecule has 0 unspecified atom stereocenters. The average Bonchev–Trinajstić information content (AvgIpc) is 2.90. The minimum atomic E-state index is -3.80. The van der Waals surface area contributed by atoms with E-state index in [4.69, 9.17) is 27.9 Å². The van der Waals surface area contributed by atoms with Crippen LogP contribution >= 0.6 is 23.2 Å². The number of anilines is 1. The van der Waals surface area contributed by atoms with E-state index in [1.165, 1.54) is 46.3 Å². The number of hydrogen-bond donors (Lipinski definition) is 1. The van der Waals surface area contributed by atoms with E-state index in [9.17, 15) is 18.0 Å². The van der Waals surface area contributed by atoms with E-state index in [0.717, 1.165) is 6.54 Å². The van der Waals surface area contributed by atoms with Crippen molar-refractivity contribution in [3.8, 4) is 0 Å². The number of amides is 1. The van der Waals surface area contributed by atoms with Crippen LogP contribution in [0.15, 0.2) is 77.7 Å². The van der Waals surface area contributed by atoms with Crippen LogP contribution in [-0.2, 0) is 26.1 Å². The van der Waals surface area contributed by atoms with Gasteiger partial charge in [-0.05, 0) is 42.0 Å². The van der Waals surface area contributed by atoms with Crippen LogP contribution in [-0.4, -0.2) is 62.3 Å². The summed E-state index contributed by atoms with van der Waals surface area (Å²) in [5, 5.41) is 3.19. The van der Waals surface area contributed by atoms with Gasteiger partial charge >= 0.3 is 5.97 Å². The van der Waals surface area contributed by atoms with Gasteiger partial charge < -0.3 is 10.1 Å². The van der Waals surface area contributed by atoms with Crippen molar-refractivity contribution >= 4 is 50.8 Å². The molecule has 11 heteroatoms. The third kappa shape index (κ3) is 7.09. The van der Waals surface area contributed by atoms with Gasteiger partial charge in [0, 0.05) is 37.7 Å². The van der Waals surface area contributed by atoms with E-state index in [1.807, 2.05) is 30.3 Å². The fourth-order valence-electron chi connectivity index (χ4n) is 3.89. The highest BCUT2D eigenvalue weighted by molar-refractivity contribution is 7.89. The smallest absolute Gasteiger partial charge is 0.338 e. The highest BCUT2D eigenvalue weighted by Crippen LogP contribution is 2.25. The molecule has 1 amide bonds. The summed E-state index contributed by atoms with van der Waals surface area (Å²) in [6.45, 7) is 2.08. The van der Waals surface area contributed by atoms with Crippen molar-refractivity contribution in [2.24, 2.45) is 0 Å². The maximum Gasteiger partial charge on any atom is 0.338 e. The Labute approximate surface area is 225 Å². The van der Waals surface area contributed by atoms with Crippen LogP contribution in [0.5, 0.6) is 0 Å². The molecular formula is C26H25Cl2N3O5S. The number of nitrogens with zero attached hydrogens (tertiary/aromatic N) is 2. The molecule has 0 radical (unpaired) electrons. The van der Waals surface area contributed by atoms with Crippen LogP contribution in [0.2, 0.25) is 10.0 Å². The zero-order valence-electron chi connectivity index (χ0n) is 19.8. The van der Waals surface area contributed by atoms with Gasteiger partial charge in [0.05, 0.1) is 21.2 Å². The molecule has 0 spiro atoms. The van der Waals surface area contributed by atoms with Crippen LogP contribution in [0.25, 0.3) is 0 Å². The summed E-state index contributed by atoms with van der Waals surface area (Å²) in [6, 6.07) is 20.2. The first-order chi connectivity index (χ1) is 17.7. The van der Waals surface area contributed by atoms with Crippen molar-refractivity contribution < 1.29 is 22.7 Å². The minimum Gasteiger partial charge on any atom is -0.452 e. The number of carbonyl (C=O) groups excluding carboxylic acids is 2. The molecular weight excluding hydrogens is 537 g/mol. The Morgan fingerprint density at radius 1 is 0.892 bits per heavy atom. The fourth-order valence-corrected chi connectivity index (χ4v) is 5.82. The van der Waals surface area contributed by atoms with Gasteiger partial charge in [0.1, 0.15) is 0 Å². The minimum absolute atomic E-state index is 0.00384. The maximum absolute atomic E-state index is 13.2. The topological polar surface area (TPSA) is 96.0 Å². The van der Waals surface area contributed by atoms with Gasteiger partial charge in [0.25, 0.3) is 5.91 Å². The van der Waals surface area contributed by atoms with Crippen LogP contribution in [0.4, 0.5) is 5.69 Å². The SMILES string of the molecule is O=C(COC(=O)c1cccc(S(=O)(=O)N2CCN(Cc3ccccc3)CC2)c1)Nc1ccc(Cl)cc1Cl. The number of esters is 1. The molecule has 1 N–H and O–H groups in total. The Morgan fingerprint density at radius 2 is 1.62 bits per heavy atom. The first-order valence-corrected chi connectivity index (χ1v) is 13.7. The van der Waals surface area contributed by atoms with Gasteiger partial charge in [-0.1, -0.05) is 59.6 Å². The lowest BCUT2D eigenvalue weighted by atomic mass is 10.2. The molecule has 3 aromatic rings. The lowest BCUT2D eigenvalue weighted by Gasteiger charge is -2.34. The summed E-state index contributed by atoms with van der Waals surface area (Å²) in [6.07, 6.45) is 0. The van der Waals surface area contributed by atoms with Crippen LogP contribution in [0.3, 0.4) is 0 Å². The molecule has 0 saturated carbocycles. The van der Waals surface area contributed by atoms with Gasteiger partial charge in [0.15, 0.2) is 6.61 Å². The van der Waals surface area contributed by atoms with E-state index in [1.54, 1.807) is 6.07 Å². The number of sulfonamides is 1. The number of rotatable bonds is 8. The molecule has 0 aromatic heterocycles. The van der Waals surface area contributed by atoms with E-state index >= 15 is 0 Å². The molecule has 1 heterocycles. The van der Waals surface area contributed by atoms with Crippen molar-refractivity contribution in [2.75, 3.05) is 38.1 Å². The largest absolute Gasteiger partial charge is 0.452 e. The Bertz CT molecular complexity index is 1380. The van der Waals surface area contributed by atoms with E-state index in [2.05, 4.69) is 10.2 Å². The summed E-state index contributed by atoms with van der Waals surface area (Å²) in [5.41, 5.74) is 1.53. The highest BCUT2D eigenvalue weighted by Gasteiger charge is 2.29. The van der Waals surface area contributed by atoms with Crippen LogP contribution < -0.4 is 5.32 Å². The second-order valence-electron chi connectivity index (χ2n) is 8.44. The Balaban J connectivity index is 1.33. The number of ether oxygens (including phenoxy) is 1. The zero-order chi connectivity index (χ0) is 26.4. The van der Waals surface area contributed by atoms with Gasteiger partial charge in [-0.25, -0.2) is 13.2 Å². The normalized spacial score (nSPS) is 14.8. The van der Waals surface area contributed by atoms with Crippen molar-refractivity contribution in [3.63, 3.8) is 0 Å². The van der Waals surface area contributed by atoms with E-state index in [0.29, 0.717) is 36.9 Å². The maximum atomic E-state index is 13.2. The van der Waals surface area contributed by atoms with Gasteiger partial charge in [0.2, 0.25) is 10.0 Å². The highest BCUT2D eigenvalue weighted by atomic mass is 35.5. The summed E-state index contributed by atoms with van der Waals surface area (Å²) in [4.78, 5) is 26.9. The molecule has 1 fully saturated rings.